The topological polar surface area (TPSA) is 83.0 Å². The lowest BCUT2D eigenvalue weighted by Crippen LogP contribution is -2.45. The summed E-state index contributed by atoms with van der Waals surface area (Å²) in [6.07, 6.45) is 11.3. The van der Waals surface area contributed by atoms with E-state index in [4.69, 9.17) is 0 Å². The molecule has 0 aromatic rings. The fraction of sp³-hybridized carbons (Fsp3) is 0.864. The molecule has 0 spiro atoms. The number of nitrogens with zero attached hydrogens (tertiary/aromatic N) is 2. The molecule has 1 atom stereocenters. The minimum Gasteiger partial charge on any atom is -0.469 e. The Morgan fingerprint density at radius 1 is 1.07 bits per heavy atom. The Bertz CT molecular complexity index is 532. The molecule has 0 bridgehead atoms. The highest BCUT2D eigenvalue weighted by molar-refractivity contribution is 5.81. The number of methoxy groups -OCH3 is 1. The summed E-state index contributed by atoms with van der Waals surface area (Å²) in [5.41, 5.74) is 0. The molecular weight excluding hydrogens is 368 g/mol. The molecule has 2 N–H and O–H groups in total. The molecule has 166 valence electrons. The Balaban J connectivity index is 1.67. The molecule has 7 heteroatoms. The Kier molecular flexibility index (Phi) is 10.9. The Hall–Kier alpha value is -1.79. The lowest BCUT2D eigenvalue weighted by atomic mass is 9.88. The quantitative estimate of drug-likeness (QED) is 0.251. The van der Waals surface area contributed by atoms with Crippen LogP contribution in [0.15, 0.2) is 4.99 Å². The maximum Gasteiger partial charge on any atom is 0.305 e. The molecule has 1 unspecified atom stereocenters. The van der Waals surface area contributed by atoms with Crippen molar-refractivity contribution >= 4 is 17.8 Å². The van der Waals surface area contributed by atoms with Crippen LogP contribution < -0.4 is 10.6 Å². The predicted octanol–water partition coefficient (Wildman–Crippen LogP) is 2.85. The van der Waals surface area contributed by atoms with E-state index in [1.54, 1.807) is 0 Å². The first kappa shape index (κ1) is 23.5. The van der Waals surface area contributed by atoms with Crippen molar-refractivity contribution in [2.75, 3.05) is 33.3 Å². The normalized spacial score (nSPS) is 20.6. The van der Waals surface area contributed by atoms with Crippen LogP contribution in [-0.4, -0.2) is 62.1 Å². The summed E-state index contributed by atoms with van der Waals surface area (Å²) in [6.45, 7) is 5.30. The standard InChI is InChI=1S/C22H40N4O3/c1-3-23-22(24-15-10-5-4-9-13-20(27)29-2)25-19-14-16-26(17-19)21(28)18-11-7-6-8-12-18/h18-19H,3-17H2,1-2H3,(H2,23,24,25). The molecule has 1 aliphatic heterocycles. The summed E-state index contributed by atoms with van der Waals surface area (Å²) in [6, 6.07) is 0.278. The average molecular weight is 409 g/mol. The first-order valence-electron chi connectivity index (χ1n) is 11.5. The van der Waals surface area contributed by atoms with Crippen LogP contribution in [0.25, 0.3) is 0 Å². The largest absolute Gasteiger partial charge is 0.469 e. The molecule has 7 nitrogen and oxygen atoms in total. The minimum atomic E-state index is -0.130. The first-order valence-corrected chi connectivity index (χ1v) is 11.5. The van der Waals surface area contributed by atoms with Crippen molar-refractivity contribution in [3.05, 3.63) is 0 Å². The van der Waals surface area contributed by atoms with Crippen molar-refractivity contribution in [1.82, 2.24) is 15.5 Å². The highest BCUT2D eigenvalue weighted by Gasteiger charge is 2.31. The van der Waals surface area contributed by atoms with E-state index in [1.807, 2.05) is 0 Å². The number of esters is 1. The average Bonchev–Trinajstić information content (AvgIpc) is 3.21. The van der Waals surface area contributed by atoms with Crippen LogP contribution in [0, 0.1) is 5.92 Å². The van der Waals surface area contributed by atoms with Crippen LogP contribution in [-0.2, 0) is 14.3 Å². The molecule has 2 fully saturated rings. The van der Waals surface area contributed by atoms with Crippen molar-refractivity contribution < 1.29 is 14.3 Å². The summed E-state index contributed by atoms with van der Waals surface area (Å²) in [5, 5.41) is 6.83. The van der Waals surface area contributed by atoms with Gasteiger partial charge in [-0.25, -0.2) is 0 Å². The van der Waals surface area contributed by atoms with E-state index in [9.17, 15) is 9.59 Å². The number of hydrogen-bond acceptors (Lipinski definition) is 4. The smallest absolute Gasteiger partial charge is 0.305 e. The molecule has 1 heterocycles. The van der Waals surface area contributed by atoms with Gasteiger partial charge in [0.2, 0.25) is 5.91 Å². The van der Waals surface area contributed by atoms with Crippen LogP contribution in [0.5, 0.6) is 0 Å². The molecule has 0 radical (unpaired) electrons. The van der Waals surface area contributed by atoms with Crippen LogP contribution >= 0.6 is 0 Å². The molecule has 2 aliphatic rings. The van der Waals surface area contributed by atoms with Crippen molar-refractivity contribution in [2.24, 2.45) is 10.9 Å². The number of unbranched alkanes of at least 4 members (excludes halogenated alkanes) is 3. The first-order chi connectivity index (χ1) is 14.1. The number of ether oxygens (including phenoxy) is 1. The van der Waals surface area contributed by atoms with Gasteiger partial charge in [0.1, 0.15) is 0 Å². The summed E-state index contributed by atoms with van der Waals surface area (Å²) in [4.78, 5) is 30.6. The molecule has 1 saturated carbocycles. The van der Waals surface area contributed by atoms with Crippen LogP contribution in [0.4, 0.5) is 0 Å². The van der Waals surface area contributed by atoms with Gasteiger partial charge in [-0.2, -0.15) is 0 Å². The lowest BCUT2D eigenvalue weighted by molar-refractivity contribution is -0.140. The number of hydrogen-bond donors (Lipinski definition) is 2. The van der Waals surface area contributed by atoms with E-state index in [0.717, 1.165) is 77.1 Å². The van der Waals surface area contributed by atoms with E-state index in [2.05, 4.69) is 32.2 Å². The fourth-order valence-electron chi connectivity index (χ4n) is 4.23. The fourth-order valence-corrected chi connectivity index (χ4v) is 4.23. The molecule has 0 aromatic carbocycles. The van der Waals surface area contributed by atoms with Gasteiger partial charge in [0.05, 0.1) is 7.11 Å². The summed E-state index contributed by atoms with van der Waals surface area (Å²) < 4.78 is 4.65. The third-order valence-corrected chi connectivity index (χ3v) is 5.93. The van der Waals surface area contributed by atoms with Gasteiger partial charge in [0, 0.05) is 44.6 Å². The van der Waals surface area contributed by atoms with E-state index in [0.29, 0.717) is 12.3 Å². The van der Waals surface area contributed by atoms with Gasteiger partial charge in [-0.3, -0.25) is 14.6 Å². The predicted molar refractivity (Wildman–Crippen MR) is 116 cm³/mol. The monoisotopic (exact) mass is 408 g/mol. The molecule has 1 amide bonds. The zero-order valence-corrected chi connectivity index (χ0v) is 18.4. The van der Waals surface area contributed by atoms with Gasteiger partial charge in [-0.05, 0) is 39.0 Å². The highest BCUT2D eigenvalue weighted by Crippen LogP contribution is 2.26. The van der Waals surface area contributed by atoms with Crippen molar-refractivity contribution in [1.29, 1.82) is 0 Å². The molecule has 1 aliphatic carbocycles. The van der Waals surface area contributed by atoms with Crippen LogP contribution in [0.2, 0.25) is 0 Å². The number of likely N-dealkylation sites (tertiary alicyclic amines) is 1. The summed E-state index contributed by atoms with van der Waals surface area (Å²) >= 11 is 0. The van der Waals surface area contributed by atoms with Crippen molar-refractivity contribution in [2.45, 2.75) is 83.6 Å². The van der Waals surface area contributed by atoms with Crippen LogP contribution in [0.3, 0.4) is 0 Å². The molecule has 29 heavy (non-hydrogen) atoms. The number of amides is 1. The molecule has 0 aromatic heterocycles. The van der Waals surface area contributed by atoms with Gasteiger partial charge >= 0.3 is 5.97 Å². The van der Waals surface area contributed by atoms with Crippen LogP contribution in [0.1, 0.15) is 77.6 Å². The molecule has 2 rings (SSSR count). The van der Waals surface area contributed by atoms with E-state index in [1.165, 1.54) is 26.4 Å². The minimum absolute atomic E-state index is 0.130. The third kappa shape index (κ3) is 8.62. The van der Waals surface area contributed by atoms with Crippen molar-refractivity contribution in [3.8, 4) is 0 Å². The number of guanidine groups is 1. The lowest BCUT2D eigenvalue weighted by Gasteiger charge is -2.26. The Morgan fingerprint density at radius 3 is 2.55 bits per heavy atom. The van der Waals surface area contributed by atoms with Gasteiger partial charge in [-0.15, -0.1) is 0 Å². The second-order valence-electron chi connectivity index (χ2n) is 8.25. The number of carbonyl (C=O) groups is 2. The van der Waals surface area contributed by atoms with E-state index < -0.39 is 0 Å². The van der Waals surface area contributed by atoms with Gasteiger partial charge in [0.15, 0.2) is 5.96 Å². The Labute approximate surface area is 176 Å². The number of rotatable bonds is 10. The zero-order chi connectivity index (χ0) is 20.9. The summed E-state index contributed by atoms with van der Waals surface area (Å²) in [5.74, 6) is 1.33. The highest BCUT2D eigenvalue weighted by atomic mass is 16.5. The van der Waals surface area contributed by atoms with Gasteiger partial charge in [0.25, 0.3) is 0 Å². The maximum atomic E-state index is 12.7. The Morgan fingerprint density at radius 2 is 1.83 bits per heavy atom. The van der Waals surface area contributed by atoms with Gasteiger partial charge in [-0.1, -0.05) is 32.1 Å². The van der Waals surface area contributed by atoms with Crippen molar-refractivity contribution in [3.63, 3.8) is 0 Å². The number of nitrogens with one attached hydrogen (secondary N) is 2. The third-order valence-electron chi connectivity index (χ3n) is 5.93. The van der Waals surface area contributed by atoms with E-state index >= 15 is 0 Å². The zero-order valence-electron chi connectivity index (χ0n) is 18.4. The molecular formula is C22H40N4O3. The molecule has 1 saturated heterocycles. The summed E-state index contributed by atoms with van der Waals surface area (Å²) in [7, 11) is 1.43. The SMILES string of the molecule is CCNC(=NCCCCCCC(=O)OC)NC1CCN(C(=O)C2CCCCC2)C1. The second-order valence-corrected chi connectivity index (χ2v) is 8.25. The second kappa shape index (κ2) is 13.4. The number of aliphatic imine (C=N–C) groups is 1. The number of carbonyl (C=O) groups excluding carboxylic acids is 2. The van der Waals surface area contributed by atoms with Gasteiger partial charge < -0.3 is 20.3 Å². The maximum absolute atomic E-state index is 12.7. The van der Waals surface area contributed by atoms with E-state index in [-0.39, 0.29) is 17.9 Å².